The minimum absolute atomic E-state index is 0.0601. The Morgan fingerprint density at radius 3 is 2.95 bits per heavy atom. The van der Waals surface area contributed by atoms with Crippen molar-refractivity contribution in [3.63, 3.8) is 0 Å². The van der Waals surface area contributed by atoms with E-state index in [4.69, 9.17) is 4.42 Å². The zero-order valence-electron chi connectivity index (χ0n) is 13.1. The van der Waals surface area contributed by atoms with Gasteiger partial charge in [0.05, 0.1) is 11.5 Å². The fourth-order valence-corrected chi connectivity index (χ4v) is 4.87. The largest absolute Gasteiger partial charge is 0.415 e. The summed E-state index contributed by atoms with van der Waals surface area (Å²) in [5.74, 6) is 4.14. The van der Waals surface area contributed by atoms with Crippen LogP contribution in [-0.2, 0) is 10.5 Å². The molecule has 4 unspecified atom stereocenters. The molecule has 1 heterocycles. The summed E-state index contributed by atoms with van der Waals surface area (Å²) in [5, 5.41) is 11.5. The highest BCUT2D eigenvalue weighted by atomic mass is 32.2. The number of hydrogen-bond acceptors (Lipinski definition) is 6. The first kappa shape index (κ1) is 16.2. The van der Waals surface area contributed by atoms with E-state index in [1.54, 1.807) is 11.8 Å². The second-order valence-corrected chi connectivity index (χ2v) is 8.17. The van der Waals surface area contributed by atoms with E-state index >= 15 is 0 Å². The van der Waals surface area contributed by atoms with Crippen LogP contribution < -0.4 is 5.32 Å². The Balaban J connectivity index is 1.42. The van der Waals surface area contributed by atoms with Gasteiger partial charge in [0.2, 0.25) is 11.8 Å². The lowest BCUT2D eigenvalue weighted by atomic mass is 9.84. The molecule has 5 nitrogen and oxygen atoms in total. The zero-order chi connectivity index (χ0) is 15.5. The third-order valence-electron chi connectivity index (χ3n) is 4.87. The van der Waals surface area contributed by atoms with Gasteiger partial charge in [-0.1, -0.05) is 18.2 Å². The van der Waals surface area contributed by atoms with Crippen molar-refractivity contribution >= 4 is 29.4 Å². The molecule has 0 spiro atoms. The summed E-state index contributed by atoms with van der Waals surface area (Å²) in [7, 11) is 0. The summed E-state index contributed by atoms with van der Waals surface area (Å²) in [6, 6.07) is 0.276. The Morgan fingerprint density at radius 2 is 2.27 bits per heavy atom. The third-order valence-corrected chi connectivity index (χ3v) is 6.22. The Hall–Kier alpha value is -0.690. The molecule has 0 saturated heterocycles. The molecule has 7 heteroatoms. The Bertz CT molecular complexity index is 523. The molecule has 2 aliphatic carbocycles. The quantitative estimate of drug-likeness (QED) is 0.769. The minimum atomic E-state index is 0.0601. The van der Waals surface area contributed by atoms with E-state index in [1.165, 1.54) is 37.4 Å². The number of rotatable bonds is 7. The van der Waals surface area contributed by atoms with E-state index < -0.39 is 0 Å². The Labute approximate surface area is 139 Å². The van der Waals surface area contributed by atoms with Crippen LogP contribution in [-0.4, -0.2) is 34.2 Å². The highest BCUT2D eigenvalue weighted by Crippen LogP contribution is 2.49. The number of fused-ring (bicyclic) bond motifs is 2. The number of nitrogens with one attached hydrogen (secondary N) is 1. The number of nitrogens with zero attached hydrogens (tertiary/aromatic N) is 2. The van der Waals surface area contributed by atoms with Crippen LogP contribution in [0.4, 0.5) is 0 Å². The molecule has 1 amide bonds. The lowest BCUT2D eigenvalue weighted by Gasteiger charge is -2.28. The molecule has 2 saturated carbocycles. The molecule has 3 rings (SSSR count). The molecule has 0 radical (unpaired) electrons. The van der Waals surface area contributed by atoms with Crippen molar-refractivity contribution in [1.82, 2.24) is 15.5 Å². The van der Waals surface area contributed by atoms with Crippen molar-refractivity contribution < 1.29 is 9.21 Å². The molecule has 1 N–H and O–H groups in total. The van der Waals surface area contributed by atoms with Gasteiger partial charge in [0, 0.05) is 6.04 Å². The fourth-order valence-electron chi connectivity index (χ4n) is 3.91. The highest BCUT2D eigenvalue weighted by molar-refractivity contribution is 7.99. The average Bonchev–Trinajstić information content (AvgIpc) is 3.22. The molecule has 2 aliphatic rings. The molecule has 1 aromatic heterocycles. The van der Waals surface area contributed by atoms with Crippen LogP contribution in [0.25, 0.3) is 0 Å². The molecular weight excluding hydrogens is 318 g/mol. The predicted molar refractivity (Wildman–Crippen MR) is 88.8 cm³/mol. The van der Waals surface area contributed by atoms with E-state index in [9.17, 15) is 4.79 Å². The Morgan fingerprint density at radius 1 is 1.41 bits per heavy atom. The molecule has 1 aromatic rings. The van der Waals surface area contributed by atoms with Crippen LogP contribution >= 0.6 is 23.5 Å². The second-order valence-electron chi connectivity index (χ2n) is 6.38. The van der Waals surface area contributed by atoms with Crippen LogP contribution in [0.15, 0.2) is 9.64 Å². The van der Waals surface area contributed by atoms with Gasteiger partial charge >= 0.3 is 0 Å². The first-order valence-electron chi connectivity index (χ1n) is 7.89. The number of amides is 1. The van der Waals surface area contributed by atoms with Gasteiger partial charge in [-0.15, -0.1) is 10.2 Å². The molecular formula is C15H23N3O2S2. The number of thioether (sulfide) groups is 2. The van der Waals surface area contributed by atoms with Gasteiger partial charge in [-0.2, -0.15) is 11.8 Å². The molecule has 2 bridgehead atoms. The Kier molecular flexibility index (Phi) is 5.33. The maximum absolute atomic E-state index is 12.1. The van der Waals surface area contributed by atoms with Gasteiger partial charge in [0.1, 0.15) is 0 Å². The fraction of sp³-hybridized carbons (Fsp3) is 0.800. The standard InChI is InChI=1S/C15H23N3O2S2/c1-9(12-6-10-3-4-11(12)5-10)16-13(19)7-22-15-18-17-14(20-15)8-21-2/h9-12H,3-8H2,1-2H3,(H,16,19). The zero-order valence-corrected chi connectivity index (χ0v) is 14.7. The third kappa shape index (κ3) is 3.79. The number of carbonyl (C=O) groups excluding carboxylic acids is 1. The average molecular weight is 342 g/mol. The van der Waals surface area contributed by atoms with Crippen LogP contribution in [0, 0.1) is 17.8 Å². The second kappa shape index (κ2) is 7.25. The van der Waals surface area contributed by atoms with Crippen molar-refractivity contribution in [3.8, 4) is 0 Å². The number of carbonyl (C=O) groups is 1. The van der Waals surface area contributed by atoms with Gasteiger partial charge < -0.3 is 9.73 Å². The summed E-state index contributed by atoms with van der Waals surface area (Å²) in [4.78, 5) is 12.1. The van der Waals surface area contributed by atoms with E-state index in [1.807, 2.05) is 6.26 Å². The van der Waals surface area contributed by atoms with Crippen molar-refractivity contribution in [3.05, 3.63) is 5.89 Å². The minimum Gasteiger partial charge on any atom is -0.415 e. The van der Waals surface area contributed by atoms with Crippen LogP contribution in [0.5, 0.6) is 0 Å². The normalized spacial score (nSPS) is 28.0. The molecule has 2 fully saturated rings. The molecule has 122 valence electrons. The van der Waals surface area contributed by atoms with Crippen LogP contribution in [0.3, 0.4) is 0 Å². The van der Waals surface area contributed by atoms with Crippen LogP contribution in [0.1, 0.15) is 38.5 Å². The van der Waals surface area contributed by atoms with Crippen molar-refractivity contribution in [2.75, 3.05) is 12.0 Å². The maximum atomic E-state index is 12.1. The van der Waals surface area contributed by atoms with E-state index in [0.29, 0.717) is 28.5 Å². The van der Waals surface area contributed by atoms with Gasteiger partial charge in [0.15, 0.2) is 0 Å². The summed E-state index contributed by atoms with van der Waals surface area (Å²) in [6.07, 6.45) is 7.40. The molecule has 4 atom stereocenters. The van der Waals surface area contributed by atoms with Gasteiger partial charge in [-0.3, -0.25) is 4.79 Å². The number of hydrogen-bond donors (Lipinski definition) is 1. The van der Waals surface area contributed by atoms with Gasteiger partial charge in [-0.25, -0.2) is 0 Å². The van der Waals surface area contributed by atoms with Crippen molar-refractivity contribution in [1.29, 1.82) is 0 Å². The lowest BCUT2D eigenvalue weighted by Crippen LogP contribution is -2.40. The molecule has 0 aromatic carbocycles. The van der Waals surface area contributed by atoms with Crippen molar-refractivity contribution in [2.45, 2.75) is 49.6 Å². The predicted octanol–water partition coefficient (Wildman–Crippen LogP) is 2.97. The molecule has 0 aliphatic heterocycles. The van der Waals surface area contributed by atoms with Crippen molar-refractivity contribution in [2.24, 2.45) is 17.8 Å². The van der Waals surface area contributed by atoms with E-state index in [2.05, 4.69) is 22.4 Å². The lowest BCUT2D eigenvalue weighted by molar-refractivity contribution is -0.119. The first-order chi connectivity index (χ1) is 10.7. The summed E-state index contributed by atoms with van der Waals surface area (Å²) in [6.45, 7) is 2.15. The summed E-state index contributed by atoms with van der Waals surface area (Å²) in [5.41, 5.74) is 0. The maximum Gasteiger partial charge on any atom is 0.277 e. The SMILES string of the molecule is CSCc1nnc(SCC(=O)NC(C)C2CC3CCC2C3)o1. The molecule has 22 heavy (non-hydrogen) atoms. The van der Waals surface area contributed by atoms with Gasteiger partial charge in [-0.05, 0) is 50.2 Å². The topological polar surface area (TPSA) is 68.0 Å². The van der Waals surface area contributed by atoms with Gasteiger partial charge in [0.25, 0.3) is 5.22 Å². The monoisotopic (exact) mass is 341 g/mol. The van der Waals surface area contributed by atoms with Crippen LogP contribution in [0.2, 0.25) is 0 Å². The van der Waals surface area contributed by atoms with E-state index in [0.717, 1.165) is 11.8 Å². The first-order valence-corrected chi connectivity index (χ1v) is 10.3. The smallest absolute Gasteiger partial charge is 0.277 e. The number of aromatic nitrogens is 2. The van der Waals surface area contributed by atoms with E-state index in [-0.39, 0.29) is 11.9 Å². The summed E-state index contributed by atoms with van der Waals surface area (Å²) >= 11 is 2.95. The highest BCUT2D eigenvalue weighted by Gasteiger charge is 2.42. The summed E-state index contributed by atoms with van der Waals surface area (Å²) < 4.78 is 5.46.